The Kier molecular flexibility index (Phi) is 2.98. The molecule has 0 spiro atoms. The number of aromatic nitrogens is 2. The number of hydrogen-bond acceptors (Lipinski definition) is 3. The second-order valence-electron chi connectivity index (χ2n) is 4.97. The molecule has 2 aromatic rings. The molecule has 0 aliphatic rings. The summed E-state index contributed by atoms with van der Waals surface area (Å²) in [4.78, 5) is 18.4. The van der Waals surface area contributed by atoms with Crippen LogP contribution in [-0.2, 0) is 11.2 Å². The number of fused-ring (bicyclic) bond motifs is 1. The van der Waals surface area contributed by atoms with Gasteiger partial charge in [0.2, 0.25) is 0 Å². The highest BCUT2D eigenvalue weighted by Gasteiger charge is 2.28. The molecule has 0 aromatic carbocycles. The number of nitrogens with one attached hydrogen (secondary N) is 1. The van der Waals surface area contributed by atoms with E-state index in [1.165, 1.54) is 0 Å². The van der Waals surface area contributed by atoms with Gasteiger partial charge in [0.1, 0.15) is 11.4 Å². The molecule has 0 atom stereocenters. The minimum atomic E-state index is -0.813. The van der Waals surface area contributed by atoms with Gasteiger partial charge in [0.05, 0.1) is 18.7 Å². The first-order valence-electron chi connectivity index (χ1n) is 5.67. The standard InChI is InChI=1S/C13H16N2O3/c1-13(2,12(16)17)6-9-4-8-5-10(18-3)7-14-11(8)15-9/h4-5,7H,6H2,1-3H3,(H,14,15)(H,16,17). The fraction of sp³-hybridized carbons (Fsp3) is 0.385. The van der Waals surface area contributed by atoms with E-state index in [4.69, 9.17) is 9.84 Å². The van der Waals surface area contributed by atoms with Crippen LogP contribution in [0.1, 0.15) is 19.5 Å². The molecule has 5 heteroatoms. The quantitative estimate of drug-likeness (QED) is 0.870. The zero-order valence-corrected chi connectivity index (χ0v) is 10.7. The van der Waals surface area contributed by atoms with Crippen molar-refractivity contribution < 1.29 is 14.6 Å². The summed E-state index contributed by atoms with van der Waals surface area (Å²) >= 11 is 0. The van der Waals surface area contributed by atoms with Crippen molar-refractivity contribution in [2.75, 3.05) is 7.11 Å². The van der Waals surface area contributed by atoms with Crippen molar-refractivity contribution in [2.24, 2.45) is 5.41 Å². The summed E-state index contributed by atoms with van der Waals surface area (Å²) in [7, 11) is 1.59. The summed E-state index contributed by atoms with van der Waals surface area (Å²) < 4.78 is 5.10. The van der Waals surface area contributed by atoms with E-state index >= 15 is 0 Å². The Morgan fingerprint density at radius 1 is 1.50 bits per heavy atom. The first-order valence-corrected chi connectivity index (χ1v) is 5.67. The van der Waals surface area contributed by atoms with E-state index in [0.717, 1.165) is 16.7 Å². The fourth-order valence-corrected chi connectivity index (χ4v) is 1.81. The van der Waals surface area contributed by atoms with Crippen LogP contribution < -0.4 is 4.74 Å². The molecule has 0 saturated carbocycles. The molecule has 0 aliphatic carbocycles. The third-order valence-corrected chi connectivity index (χ3v) is 2.95. The van der Waals surface area contributed by atoms with E-state index in [-0.39, 0.29) is 0 Å². The van der Waals surface area contributed by atoms with E-state index in [1.807, 2.05) is 12.1 Å². The Hall–Kier alpha value is -2.04. The second kappa shape index (κ2) is 4.33. The smallest absolute Gasteiger partial charge is 0.309 e. The SMILES string of the molecule is COc1cnc2[nH]c(CC(C)(C)C(=O)O)cc2c1. The Bertz CT molecular complexity index is 587. The first-order chi connectivity index (χ1) is 8.42. The molecule has 0 aliphatic heterocycles. The van der Waals surface area contributed by atoms with Gasteiger partial charge >= 0.3 is 5.97 Å². The van der Waals surface area contributed by atoms with E-state index in [2.05, 4.69) is 9.97 Å². The molecule has 0 amide bonds. The molecule has 0 unspecified atom stereocenters. The van der Waals surface area contributed by atoms with Gasteiger partial charge in [-0.05, 0) is 26.0 Å². The molecule has 0 bridgehead atoms. The Morgan fingerprint density at radius 3 is 2.83 bits per heavy atom. The lowest BCUT2D eigenvalue weighted by Gasteiger charge is -2.17. The van der Waals surface area contributed by atoms with Crippen molar-refractivity contribution in [3.05, 3.63) is 24.0 Å². The van der Waals surface area contributed by atoms with Crippen LogP contribution in [0.5, 0.6) is 5.75 Å². The van der Waals surface area contributed by atoms with Gasteiger partial charge in [-0.25, -0.2) is 4.98 Å². The molecule has 0 saturated heterocycles. The number of carbonyl (C=O) groups is 1. The fourth-order valence-electron chi connectivity index (χ4n) is 1.81. The predicted octanol–water partition coefficient (Wildman–Crippen LogP) is 2.22. The zero-order chi connectivity index (χ0) is 13.3. The van der Waals surface area contributed by atoms with Crippen LogP contribution in [0.15, 0.2) is 18.3 Å². The van der Waals surface area contributed by atoms with Gasteiger partial charge in [0.15, 0.2) is 0 Å². The van der Waals surface area contributed by atoms with E-state index in [9.17, 15) is 4.79 Å². The van der Waals surface area contributed by atoms with Crippen LogP contribution >= 0.6 is 0 Å². The van der Waals surface area contributed by atoms with Gasteiger partial charge < -0.3 is 14.8 Å². The molecule has 0 radical (unpaired) electrons. The number of methoxy groups -OCH3 is 1. The minimum absolute atomic E-state index is 0.432. The van der Waals surface area contributed by atoms with Crippen molar-refractivity contribution in [3.63, 3.8) is 0 Å². The van der Waals surface area contributed by atoms with Gasteiger partial charge in [0, 0.05) is 17.5 Å². The Morgan fingerprint density at radius 2 is 2.22 bits per heavy atom. The van der Waals surface area contributed by atoms with Crippen molar-refractivity contribution >= 4 is 17.0 Å². The topological polar surface area (TPSA) is 75.2 Å². The van der Waals surface area contributed by atoms with Crippen molar-refractivity contribution in [1.82, 2.24) is 9.97 Å². The Balaban J connectivity index is 2.33. The van der Waals surface area contributed by atoms with Crippen molar-refractivity contribution in [1.29, 1.82) is 0 Å². The molecule has 5 nitrogen and oxygen atoms in total. The van der Waals surface area contributed by atoms with E-state index in [0.29, 0.717) is 12.2 Å². The van der Waals surface area contributed by atoms with Gasteiger partial charge in [-0.2, -0.15) is 0 Å². The lowest BCUT2D eigenvalue weighted by atomic mass is 9.88. The number of hydrogen-bond donors (Lipinski definition) is 2. The number of aliphatic carboxylic acids is 1. The molecule has 18 heavy (non-hydrogen) atoms. The number of aromatic amines is 1. The highest BCUT2D eigenvalue weighted by Crippen LogP contribution is 2.25. The summed E-state index contributed by atoms with van der Waals surface area (Å²) in [6.07, 6.45) is 2.06. The number of H-pyrrole nitrogens is 1. The molecular weight excluding hydrogens is 232 g/mol. The molecule has 2 heterocycles. The molecular formula is C13H16N2O3. The van der Waals surface area contributed by atoms with Gasteiger partial charge in [-0.1, -0.05) is 0 Å². The molecule has 0 fully saturated rings. The minimum Gasteiger partial charge on any atom is -0.495 e. The highest BCUT2D eigenvalue weighted by molar-refractivity contribution is 5.79. The Labute approximate surface area is 105 Å². The van der Waals surface area contributed by atoms with Crippen LogP contribution in [-0.4, -0.2) is 28.2 Å². The average molecular weight is 248 g/mol. The lowest BCUT2D eigenvalue weighted by molar-refractivity contribution is -0.146. The van der Waals surface area contributed by atoms with Gasteiger partial charge in [-0.3, -0.25) is 4.79 Å². The lowest BCUT2D eigenvalue weighted by Crippen LogP contribution is -2.26. The van der Waals surface area contributed by atoms with Crippen LogP contribution in [0.4, 0.5) is 0 Å². The van der Waals surface area contributed by atoms with Crippen molar-refractivity contribution in [3.8, 4) is 5.75 Å². The molecule has 2 rings (SSSR count). The normalized spacial score (nSPS) is 11.7. The number of carboxylic acid groups (broad SMARTS) is 1. The van der Waals surface area contributed by atoms with Crippen molar-refractivity contribution in [2.45, 2.75) is 20.3 Å². The van der Waals surface area contributed by atoms with Crippen LogP contribution in [0, 0.1) is 5.41 Å². The zero-order valence-electron chi connectivity index (χ0n) is 10.7. The number of ether oxygens (including phenoxy) is 1. The monoisotopic (exact) mass is 248 g/mol. The largest absolute Gasteiger partial charge is 0.495 e. The second-order valence-corrected chi connectivity index (χ2v) is 4.97. The first kappa shape index (κ1) is 12.4. The summed E-state index contributed by atoms with van der Waals surface area (Å²) in [5.74, 6) is -0.128. The number of pyridine rings is 1. The van der Waals surface area contributed by atoms with Crippen LogP contribution in [0.3, 0.4) is 0 Å². The summed E-state index contributed by atoms with van der Waals surface area (Å²) in [5, 5.41) is 10.0. The van der Waals surface area contributed by atoms with Crippen LogP contribution in [0.2, 0.25) is 0 Å². The maximum Gasteiger partial charge on any atom is 0.309 e. The van der Waals surface area contributed by atoms with Gasteiger partial charge in [-0.15, -0.1) is 0 Å². The average Bonchev–Trinajstić information content (AvgIpc) is 2.68. The highest BCUT2D eigenvalue weighted by atomic mass is 16.5. The third-order valence-electron chi connectivity index (χ3n) is 2.95. The number of nitrogens with zero attached hydrogens (tertiary/aromatic N) is 1. The molecule has 2 aromatic heterocycles. The molecule has 2 N–H and O–H groups in total. The number of rotatable bonds is 4. The summed E-state index contributed by atoms with van der Waals surface area (Å²) in [5.41, 5.74) is 0.801. The van der Waals surface area contributed by atoms with Crippen LogP contribution in [0.25, 0.3) is 11.0 Å². The number of carboxylic acids is 1. The summed E-state index contributed by atoms with van der Waals surface area (Å²) in [6, 6.07) is 3.78. The van der Waals surface area contributed by atoms with E-state index in [1.54, 1.807) is 27.2 Å². The summed E-state index contributed by atoms with van der Waals surface area (Å²) in [6.45, 7) is 3.41. The van der Waals surface area contributed by atoms with E-state index < -0.39 is 11.4 Å². The maximum atomic E-state index is 11.1. The predicted molar refractivity (Wildman–Crippen MR) is 67.8 cm³/mol. The van der Waals surface area contributed by atoms with Gasteiger partial charge in [0.25, 0.3) is 0 Å². The molecule has 96 valence electrons. The third kappa shape index (κ3) is 2.30. The maximum absolute atomic E-state index is 11.1.